The third-order valence-corrected chi connectivity index (χ3v) is 24.9. The molecule has 0 spiro atoms. The van der Waals surface area contributed by atoms with E-state index in [0.29, 0.717) is 114 Å². The highest BCUT2D eigenvalue weighted by Gasteiger charge is 2.33. The van der Waals surface area contributed by atoms with Crippen LogP contribution in [0.15, 0.2) is 139 Å². The van der Waals surface area contributed by atoms with Gasteiger partial charge in [0.15, 0.2) is 0 Å². The van der Waals surface area contributed by atoms with Crippen LogP contribution in [-0.2, 0) is 28.4 Å². The molecule has 0 fully saturated rings. The molecule has 0 unspecified atom stereocenters. The molecule has 24 nitrogen and oxygen atoms in total. The highest BCUT2D eigenvalue weighted by Crippen LogP contribution is 2.42. The molecule has 0 atom stereocenters. The van der Waals surface area contributed by atoms with Crippen molar-refractivity contribution in [3.63, 3.8) is 0 Å². The molecule has 0 saturated carbocycles. The first kappa shape index (κ1) is 96.6. The Hall–Kier alpha value is -7.20. The predicted octanol–water partition coefficient (Wildman–Crippen LogP) is 16.8. The molecule has 6 aromatic rings. The molecule has 0 radical (unpaired) electrons. The van der Waals surface area contributed by atoms with Gasteiger partial charge in [0, 0.05) is 147 Å². The summed E-state index contributed by atoms with van der Waals surface area (Å²) in [6.07, 6.45) is 0. The Morgan fingerprint density at radius 3 is 0.461 bits per heavy atom. The van der Waals surface area contributed by atoms with Gasteiger partial charge in [-0.1, -0.05) is 7.43 Å². The number of phenols is 6. The number of ether oxygens (including phenoxy) is 12. The van der Waals surface area contributed by atoms with E-state index in [9.17, 15) is 30.6 Å². The first-order valence-electron chi connectivity index (χ1n) is 37.2. The Labute approximate surface area is 705 Å². The molecule has 6 aliphatic heterocycles. The summed E-state index contributed by atoms with van der Waals surface area (Å²) in [4.78, 5) is 27.7. The van der Waals surface area contributed by atoms with Gasteiger partial charge in [0.05, 0.1) is 72.9 Å². The third kappa shape index (κ3) is 32.2. The van der Waals surface area contributed by atoms with Gasteiger partial charge in [-0.2, -0.15) is 0 Å². The minimum Gasteiger partial charge on any atom is -0.507 e. The van der Waals surface area contributed by atoms with Crippen LogP contribution in [-0.4, -0.2) is 251 Å². The lowest BCUT2D eigenvalue weighted by Crippen LogP contribution is -2.15. The van der Waals surface area contributed by atoms with Crippen LogP contribution in [0.4, 0.5) is 0 Å². The first-order valence-corrected chi connectivity index (χ1v) is 43.1. The average molecular weight is 1700 g/mol. The summed E-state index contributed by atoms with van der Waals surface area (Å²) in [7, 11) is 9.76. The third-order valence-electron chi connectivity index (χ3n) is 16.3. The maximum absolute atomic E-state index is 10.1. The molecule has 6 heterocycles. The average Bonchev–Trinajstić information content (AvgIpc) is 1.73. The molecule has 6 aromatic carbocycles. The van der Waals surface area contributed by atoms with E-state index in [1.165, 1.54) is 0 Å². The van der Waals surface area contributed by atoms with Crippen molar-refractivity contribution in [3.05, 3.63) is 143 Å². The lowest BCUT2D eigenvalue weighted by molar-refractivity contribution is 0.146. The van der Waals surface area contributed by atoms with Crippen LogP contribution in [0.25, 0.3) is 0 Å². The summed E-state index contributed by atoms with van der Waals surface area (Å²) in [5, 5.41) is 65.8. The van der Waals surface area contributed by atoms with E-state index in [1.54, 1.807) is 150 Å². The fourth-order valence-electron chi connectivity index (χ4n) is 10.5. The van der Waals surface area contributed by atoms with Crippen molar-refractivity contribution in [1.29, 1.82) is 0 Å². The van der Waals surface area contributed by atoms with Crippen molar-refractivity contribution in [2.45, 2.75) is 124 Å². The highest BCUT2D eigenvalue weighted by molar-refractivity contribution is 8.16. The topological polar surface area (TPSA) is 306 Å². The van der Waals surface area contributed by atoms with E-state index in [0.717, 1.165) is 98.2 Å². The number of rotatable bonds is 30. The van der Waals surface area contributed by atoms with Gasteiger partial charge in [-0.15, -0.1) is 70.6 Å². The van der Waals surface area contributed by atoms with Gasteiger partial charge < -0.3 is 87.5 Å². The largest absolute Gasteiger partial charge is 0.507 e. The Morgan fingerprint density at radius 1 is 0.235 bits per heavy atom. The standard InChI is InChI=1S/6C14H19NO3S.CH4/c6*1-14(2)9-19-13(15-14)11-5-4-10(8-12(11)16)18-7-6-17-3;/h6*4-5,8,16H,6-7,9H2,1-3H3;1H4. The van der Waals surface area contributed by atoms with Gasteiger partial charge in [0.1, 0.15) is 139 Å². The van der Waals surface area contributed by atoms with Crippen molar-refractivity contribution < 1.29 is 87.5 Å². The van der Waals surface area contributed by atoms with Crippen LogP contribution in [0.1, 0.15) is 124 Å². The summed E-state index contributed by atoms with van der Waals surface area (Å²) in [6, 6.07) is 31.9. The molecule has 0 saturated heterocycles. The summed E-state index contributed by atoms with van der Waals surface area (Å²) in [5.74, 6) is 10.7. The van der Waals surface area contributed by atoms with Gasteiger partial charge in [-0.05, 0) is 156 Å². The van der Waals surface area contributed by atoms with E-state index in [1.807, 2.05) is 72.8 Å². The zero-order chi connectivity index (χ0) is 83.3. The molecular weight excluding hydrogens is 1590 g/mol. The van der Waals surface area contributed by atoms with Crippen molar-refractivity contribution in [1.82, 2.24) is 0 Å². The second kappa shape index (κ2) is 46.2. The van der Waals surface area contributed by atoms with E-state index in [-0.39, 0.29) is 75.2 Å². The maximum Gasteiger partial charge on any atom is 0.129 e. The van der Waals surface area contributed by atoms with Crippen LogP contribution in [0.3, 0.4) is 0 Å². The predicted molar refractivity (Wildman–Crippen MR) is 478 cm³/mol. The highest BCUT2D eigenvalue weighted by atomic mass is 32.2. The zero-order valence-electron chi connectivity index (χ0n) is 68.8. The minimum absolute atomic E-state index is 0. The van der Waals surface area contributed by atoms with Crippen LogP contribution in [0.5, 0.6) is 69.0 Å². The summed E-state index contributed by atoms with van der Waals surface area (Å²) in [5.41, 5.74) is 4.30. The number of hydrogen-bond acceptors (Lipinski definition) is 30. The van der Waals surface area contributed by atoms with Crippen LogP contribution >= 0.6 is 70.6 Å². The molecule has 0 amide bonds. The molecule has 0 aliphatic carbocycles. The molecule has 0 aromatic heterocycles. The first-order chi connectivity index (χ1) is 54.1. The maximum atomic E-state index is 10.1. The zero-order valence-corrected chi connectivity index (χ0v) is 73.7. The Morgan fingerprint density at radius 2 is 0.365 bits per heavy atom. The van der Waals surface area contributed by atoms with Crippen molar-refractivity contribution in [2.75, 3.05) is 156 Å². The molecule has 632 valence electrons. The van der Waals surface area contributed by atoms with E-state index >= 15 is 0 Å². The molecule has 0 bridgehead atoms. The van der Waals surface area contributed by atoms with Crippen LogP contribution < -0.4 is 28.4 Å². The van der Waals surface area contributed by atoms with Crippen molar-refractivity contribution in [2.24, 2.45) is 30.0 Å². The summed E-state index contributed by atoms with van der Waals surface area (Å²) >= 11 is 10.0. The monoisotopic (exact) mass is 1700 g/mol. The quantitative estimate of drug-likeness (QED) is 0.0228. The number of methoxy groups -OCH3 is 6. The second-order valence-electron chi connectivity index (χ2n) is 30.2. The second-order valence-corrected chi connectivity index (χ2v) is 36.0. The lowest BCUT2D eigenvalue weighted by atomic mass is 10.1. The SMILES string of the molecule is C.COCCOc1ccc(C2=NC(C)(C)CS2)c(O)c1.COCCOc1ccc(C2=NC(C)(C)CS2)c(O)c1.COCCOc1ccc(C2=NC(C)(C)CS2)c(O)c1.COCCOc1ccc(C2=NC(C)(C)CS2)c(O)c1.COCCOc1ccc(C2=NC(C)(C)CS2)c(O)c1.COCCOc1ccc(C2=NC(C)(C)CS2)c(O)c1. The fraction of sp³-hybridized carbons (Fsp3) is 0.506. The number of aliphatic imine (C=N–C) groups is 6. The van der Waals surface area contributed by atoms with Gasteiger partial charge in [0.2, 0.25) is 0 Å². The molecule has 12 rings (SSSR count). The Balaban J connectivity index is 0.000000214. The van der Waals surface area contributed by atoms with Crippen LogP contribution in [0.2, 0.25) is 0 Å². The fourth-order valence-corrected chi connectivity index (χ4v) is 17.6. The molecule has 115 heavy (non-hydrogen) atoms. The number of aromatic hydroxyl groups is 6. The summed E-state index contributed by atoms with van der Waals surface area (Å²) < 4.78 is 62.2. The number of hydrogen-bond donors (Lipinski definition) is 6. The van der Waals surface area contributed by atoms with Crippen molar-refractivity contribution in [3.8, 4) is 69.0 Å². The number of thioether (sulfide) groups is 6. The number of nitrogens with zero attached hydrogens (tertiary/aromatic N) is 6. The van der Waals surface area contributed by atoms with Crippen LogP contribution in [0, 0.1) is 0 Å². The van der Waals surface area contributed by atoms with Gasteiger partial charge >= 0.3 is 0 Å². The Bertz CT molecular complexity index is 3610. The lowest BCUT2D eigenvalue weighted by Gasteiger charge is -2.10. The van der Waals surface area contributed by atoms with E-state index in [2.05, 4.69) is 113 Å². The van der Waals surface area contributed by atoms with Gasteiger partial charge in [0.25, 0.3) is 0 Å². The number of phenolic OH excluding ortho intramolecular Hbond substituents is 6. The minimum atomic E-state index is -0.0555. The van der Waals surface area contributed by atoms with Gasteiger partial charge in [-0.3, -0.25) is 30.0 Å². The molecule has 30 heteroatoms. The molecule has 6 N–H and O–H groups in total. The van der Waals surface area contributed by atoms with Gasteiger partial charge in [-0.25, -0.2) is 0 Å². The summed E-state index contributed by atoms with van der Waals surface area (Å²) in [6.45, 7) is 31.1. The van der Waals surface area contributed by atoms with Crippen molar-refractivity contribution >= 4 is 101 Å². The molecular formula is C85H118N6O18S6. The van der Waals surface area contributed by atoms with E-state index < -0.39 is 0 Å². The molecule has 6 aliphatic rings. The Kier molecular flexibility index (Phi) is 38.9. The normalized spacial score (nSPS) is 17.2. The number of benzene rings is 6. The smallest absolute Gasteiger partial charge is 0.129 e. The van der Waals surface area contributed by atoms with E-state index in [4.69, 9.17) is 56.8 Å².